The molecule has 1 rings (SSSR count). The normalized spacial score (nSPS) is 9.42. The van der Waals surface area contributed by atoms with Gasteiger partial charge in [-0.3, -0.25) is 10.2 Å². The largest absolute Gasteiger partial charge is 0.478 e. The second-order valence-corrected chi connectivity index (χ2v) is 1.98. The van der Waals surface area contributed by atoms with Crippen molar-refractivity contribution >= 4 is 11.9 Å². The molecular weight excluding hydrogens is 164 g/mol. The zero-order valence-corrected chi connectivity index (χ0v) is 5.90. The van der Waals surface area contributed by atoms with Gasteiger partial charge < -0.3 is 9.52 Å². The number of carboxylic acid groups (broad SMARTS) is 1. The van der Waals surface area contributed by atoms with Crippen molar-refractivity contribution in [1.82, 2.24) is 5.43 Å². The van der Waals surface area contributed by atoms with Crippen LogP contribution >= 0.6 is 0 Å². The molecule has 1 aromatic rings. The van der Waals surface area contributed by atoms with Crippen LogP contribution in [-0.2, 0) is 0 Å². The van der Waals surface area contributed by atoms with E-state index in [0.29, 0.717) is 0 Å². The molecule has 0 aliphatic heterocycles. The summed E-state index contributed by atoms with van der Waals surface area (Å²) in [6.07, 6.45) is 1.98. The Hall–Kier alpha value is -1.82. The maximum absolute atomic E-state index is 10.8. The molecule has 0 fully saturated rings. The van der Waals surface area contributed by atoms with Crippen LogP contribution in [0.2, 0.25) is 0 Å². The number of nitrogen functional groups attached to an aromatic ring is 1. The van der Waals surface area contributed by atoms with Crippen molar-refractivity contribution in [2.45, 2.75) is 0 Å². The number of carbonyl (C=O) groups excluding carboxylic acids is 1. The number of aromatic carboxylic acids is 1. The van der Waals surface area contributed by atoms with Gasteiger partial charge in [-0.25, -0.2) is 10.6 Å². The Morgan fingerprint density at radius 3 is 2.50 bits per heavy atom. The summed E-state index contributed by atoms with van der Waals surface area (Å²) in [7, 11) is 0. The van der Waals surface area contributed by atoms with Crippen molar-refractivity contribution in [1.29, 1.82) is 0 Å². The zero-order valence-electron chi connectivity index (χ0n) is 5.90. The fourth-order valence-electron chi connectivity index (χ4n) is 0.716. The Bertz CT molecular complexity index is 317. The van der Waals surface area contributed by atoms with Gasteiger partial charge in [0, 0.05) is 0 Å². The Kier molecular flexibility index (Phi) is 2.11. The van der Waals surface area contributed by atoms with E-state index in [4.69, 9.17) is 10.9 Å². The molecule has 4 N–H and O–H groups in total. The first-order valence-corrected chi connectivity index (χ1v) is 2.97. The fraction of sp³-hybridized carbons (Fsp3) is 0. The number of nitrogens with two attached hydrogens (primary N) is 1. The molecular formula is C6H6N2O4. The minimum Gasteiger partial charge on any atom is -0.478 e. The third-order valence-electron chi connectivity index (χ3n) is 1.27. The molecule has 0 aromatic carbocycles. The minimum absolute atomic E-state index is 0.0926. The molecule has 6 heteroatoms. The third kappa shape index (κ3) is 1.28. The lowest BCUT2D eigenvalue weighted by Gasteiger charge is -1.94. The average Bonchev–Trinajstić information content (AvgIpc) is 2.50. The molecule has 0 aliphatic rings. The Morgan fingerprint density at radius 1 is 1.42 bits per heavy atom. The molecule has 1 amide bonds. The molecule has 6 nitrogen and oxygen atoms in total. The molecule has 0 saturated heterocycles. The number of rotatable bonds is 2. The number of nitrogens with one attached hydrogen (secondary N) is 1. The standard InChI is InChI=1S/C6H6N2O4/c7-8-5(9)3-1-12-2-4(3)6(10)11/h1-2H,7H2,(H,8,9)(H,10,11). The topological polar surface area (TPSA) is 106 Å². The predicted octanol–water partition coefficient (Wildman–Crippen LogP) is -0.419. The summed E-state index contributed by atoms with van der Waals surface area (Å²) in [4.78, 5) is 21.3. The van der Waals surface area contributed by atoms with Crippen molar-refractivity contribution in [3.63, 3.8) is 0 Å². The number of hydrazine groups is 1. The second-order valence-electron chi connectivity index (χ2n) is 1.98. The van der Waals surface area contributed by atoms with E-state index < -0.39 is 11.9 Å². The van der Waals surface area contributed by atoms with E-state index in [-0.39, 0.29) is 11.1 Å². The summed E-state index contributed by atoms with van der Waals surface area (Å²) in [5, 5.41) is 8.52. The van der Waals surface area contributed by atoms with Gasteiger partial charge in [0.1, 0.15) is 18.1 Å². The van der Waals surface area contributed by atoms with Crippen LogP contribution in [-0.4, -0.2) is 17.0 Å². The quantitative estimate of drug-likeness (QED) is 0.317. The molecule has 64 valence electrons. The molecule has 0 bridgehead atoms. The maximum atomic E-state index is 10.8. The molecule has 0 radical (unpaired) electrons. The molecule has 0 aliphatic carbocycles. The number of hydrogen-bond donors (Lipinski definition) is 3. The van der Waals surface area contributed by atoms with Crippen LogP contribution in [0.15, 0.2) is 16.9 Å². The van der Waals surface area contributed by atoms with Crippen LogP contribution in [0.25, 0.3) is 0 Å². The van der Waals surface area contributed by atoms with E-state index in [1.165, 1.54) is 0 Å². The first kappa shape index (κ1) is 8.28. The Balaban J connectivity index is 3.07. The van der Waals surface area contributed by atoms with Gasteiger partial charge in [0.2, 0.25) is 0 Å². The van der Waals surface area contributed by atoms with Crippen LogP contribution in [0, 0.1) is 0 Å². The van der Waals surface area contributed by atoms with Gasteiger partial charge >= 0.3 is 5.97 Å². The van der Waals surface area contributed by atoms with E-state index in [9.17, 15) is 9.59 Å². The van der Waals surface area contributed by atoms with Crippen molar-refractivity contribution in [3.05, 3.63) is 23.7 Å². The number of carboxylic acids is 1. The molecule has 12 heavy (non-hydrogen) atoms. The van der Waals surface area contributed by atoms with E-state index in [0.717, 1.165) is 12.5 Å². The summed E-state index contributed by atoms with van der Waals surface area (Å²) in [6.45, 7) is 0. The van der Waals surface area contributed by atoms with Gasteiger partial charge in [0.15, 0.2) is 0 Å². The van der Waals surface area contributed by atoms with Crippen molar-refractivity contribution in [3.8, 4) is 0 Å². The fourth-order valence-corrected chi connectivity index (χ4v) is 0.716. The number of furan rings is 1. The first-order chi connectivity index (χ1) is 5.66. The average molecular weight is 170 g/mol. The second kappa shape index (κ2) is 3.05. The zero-order chi connectivity index (χ0) is 9.14. The molecule has 0 spiro atoms. The van der Waals surface area contributed by atoms with E-state index in [1.807, 2.05) is 0 Å². The Labute approximate surface area is 66.9 Å². The summed E-state index contributed by atoms with van der Waals surface area (Å²) in [5.41, 5.74) is 1.50. The van der Waals surface area contributed by atoms with Crippen LogP contribution in [0.3, 0.4) is 0 Å². The summed E-state index contributed by atoms with van der Waals surface area (Å²) < 4.78 is 4.53. The molecule has 1 heterocycles. The predicted molar refractivity (Wildman–Crippen MR) is 37.3 cm³/mol. The highest BCUT2D eigenvalue weighted by molar-refractivity contribution is 6.04. The molecule has 0 unspecified atom stereocenters. The molecule has 0 atom stereocenters. The van der Waals surface area contributed by atoms with Crippen molar-refractivity contribution in [2.24, 2.45) is 5.84 Å². The van der Waals surface area contributed by atoms with Crippen LogP contribution in [0.4, 0.5) is 0 Å². The smallest absolute Gasteiger partial charge is 0.339 e. The van der Waals surface area contributed by atoms with E-state index >= 15 is 0 Å². The third-order valence-corrected chi connectivity index (χ3v) is 1.27. The highest BCUT2D eigenvalue weighted by Gasteiger charge is 2.17. The lowest BCUT2D eigenvalue weighted by Crippen LogP contribution is -2.30. The Morgan fingerprint density at radius 2 is 2.00 bits per heavy atom. The SMILES string of the molecule is NNC(=O)c1cocc1C(=O)O. The summed E-state index contributed by atoms with van der Waals surface area (Å²) in [5.74, 6) is 2.87. The minimum atomic E-state index is -1.23. The number of amides is 1. The van der Waals surface area contributed by atoms with Crippen LogP contribution < -0.4 is 11.3 Å². The molecule has 1 aromatic heterocycles. The molecule has 0 saturated carbocycles. The van der Waals surface area contributed by atoms with Gasteiger partial charge in [-0.1, -0.05) is 0 Å². The van der Waals surface area contributed by atoms with Crippen molar-refractivity contribution in [2.75, 3.05) is 0 Å². The lowest BCUT2D eigenvalue weighted by atomic mass is 10.2. The lowest BCUT2D eigenvalue weighted by molar-refractivity contribution is 0.0691. The number of carbonyl (C=O) groups is 2. The van der Waals surface area contributed by atoms with Gasteiger partial charge in [-0.15, -0.1) is 0 Å². The maximum Gasteiger partial charge on any atom is 0.339 e. The monoisotopic (exact) mass is 170 g/mol. The van der Waals surface area contributed by atoms with Gasteiger partial charge in [0.25, 0.3) is 5.91 Å². The summed E-state index contributed by atoms with van der Waals surface area (Å²) >= 11 is 0. The van der Waals surface area contributed by atoms with Crippen LogP contribution in [0.5, 0.6) is 0 Å². The first-order valence-electron chi connectivity index (χ1n) is 2.97. The summed E-state index contributed by atoms with van der Waals surface area (Å²) in [6, 6.07) is 0. The number of hydrogen-bond acceptors (Lipinski definition) is 4. The van der Waals surface area contributed by atoms with Crippen LogP contribution in [0.1, 0.15) is 20.7 Å². The van der Waals surface area contributed by atoms with E-state index in [1.54, 1.807) is 5.43 Å². The highest BCUT2D eigenvalue weighted by Crippen LogP contribution is 2.09. The van der Waals surface area contributed by atoms with Gasteiger partial charge in [-0.05, 0) is 0 Å². The van der Waals surface area contributed by atoms with Gasteiger partial charge in [0.05, 0.1) is 5.56 Å². The van der Waals surface area contributed by atoms with Gasteiger partial charge in [-0.2, -0.15) is 0 Å². The van der Waals surface area contributed by atoms with E-state index in [2.05, 4.69) is 4.42 Å². The highest BCUT2D eigenvalue weighted by atomic mass is 16.4. The van der Waals surface area contributed by atoms with Crippen molar-refractivity contribution < 1.29 is 19.1 Å².